The number of para-hydroxylation sites is 1. The normalized spacial score (nSPS) is 19.2. The molecule has 0 saturated heterocycles. The number of halogens is 1. The van der Waals surface area contributed by atoms with E-state index in [0.717, 1.165) is 37.7 Å². The number of fused-ring (bicyclic) bond motifs is 3. The zero-order valence-corrected chi connectivity index (χ0v) is 19.7. The van der Waals surface area contributed by atoms with E-state index in [4.69, 9.17) is 24.0 Å². The third kappa shape index (κ3) is 3.34. The molecule has 2 aromatic carbocycles. The van der Waals surface area contributed by atoms with Crippen LogP contribution in [0.15, 0.2) is 57.4 Å². The predicted molar refractivity (Wildman–Crippen MR) is 124 cm³/mol. The van der Waals surface area contributed by atoms with Crippen LogP contribution in [0.5, 0.6) is 23.0 Å². The molecule has 0 bridgehead atoms. The van der Waals surface area contributed by atoms with Crippen LogP contribution in [0.4, 0.5) is 0 Å². The van der Waals surface area contributed by atoms with Crippen LogP contribution in [0, 0.1) is 0 Å². The summed E-state index contributed by atoms with van der Waals surface area (Å²) in [6.45, 7) is 0. The summed E-state index contributed by atoms with van der Waals surface area (Å²) in [5.41, 5.74) is 3.01. The lowest BCUT2D eigenvalue weighted by Gasteiger charge is -2.38. The standard InChI is InChI=1S/C23H21BrN2O4S/c1-27-18-9-8-14(21(28-2)22(18)29-3)23-26-16(13-6-4-5-7-17(13)30-23)12-15(25-26)19-10-11-20(24)31-19/h4-11,16,23H,12H2,1-3H3/t16-,23+/m1/s1. The zero-order valence-electron chi connectivity index (χ0n) is 17.3. The highest BCUT2D eigenvalue weighted by Crippen LogP contribution is 2.51. The minimum Gasteiger partial charge on any atom is -0.493 e. The molecule has 3 heterocycles. The lowest BCUT2D eigenvalue weighted by molar-refractivity contribution is -0.0205. The van der Waals surface area contributed by atoms with Crippen molar-refractivity contribution in [1.82, 2.24) is 5.01 Å². The van der Waals surface area contributed by atoms with E-state index in [1.54, 1.807) is 32.7 Å². The van der Waals surface area contributed by atoms with Gasteiger partial charge in [-0.05, 0) is 46.3 Å². The molecule has 1 aromatic heterocycles. The Bertz CT molecular complexity index is 1160. The lowest BCUT2D eigenvalue weighted by atomic mass is 9.97. The third-order valence-corrected chi connectivity index (χ3v) is 7.23. The molecule has 160 valence electrons. The summed E-state index contributed by atoms with van der Waals surface area (Å²) in [7, 11) is 4.83. The van der Waals surface area contributed by atoms with Gasteiger partial charge in [0.05, 0.1) is 47.3 Å². The Morgan fingerprint density at radius 3 is 2.48 bits per heavy atom. The summed E-state index contributed by atoms with van der Waals surface area (Å²) in [4.78, 5) is 1.15. The molecule has 0 spiro atoms. The van der Waals surface area contributed by atoms with E-state index in [1.807, 2.05) is 35.3 Å². The predicted octanol–water partition coefficient (Wildman–Crippen LogP) is 5.78. The molecule has 0 N–H and O–H groups in total. The molecule has 0 aliphatic carbocycles. The summed E-state index contributed by atoms with van der Waals surface area (Å²) in [6, 6.07) is 16.2. The fourth-order valence-electron chi connectivity index (χ4n) is 4.18. The summed E-state index contributed by atoms with van der Waals surface area (Å²) < 4.78 is 24.4. The summed E-state index contributed by atoms with van der Waals surface area (Å²) in [5, 5.41) is 7.05. The van der Waals surface area contributed by atoms with Crippen molar-refractivity contribution in [3.8, 4) is 23.0 Å². The topological polar surface area (TPSA) is 52.5 Å². The van der Waals surface area contributed by atoms with Crippen LogP contribution in [-0.4, -0.2) is 32.0 Å². The highest BCUT2D eigenvalue weighted by molar-refractivity contribution is 9.11. The zero-order chi connectivity index (χ0) is 21.5. The minimum atomic E-state index is -0.462. The lowest BCUT2D eigenvalue weighted by Crippen LogP contribution is -2.34. The van der Waals surface area contributed by atoms with Crippen molar-refractivity contribution >= 4 is 33.0 Å². The Kier molecular flexibility index (Phi) is 5.27. The average Bonchev–Trinajstić information content (AvgIpc) is 3.44. The van der Waals surface area contributed by atoms with Gasteiger partial charge >= 0.3 is 0 Å². The number of hydrazone groups is 1. The summed E-state index contributed by atoms with van der Waals surface area (Å²) >= 11 is 5.25. The summed E-state index contributed by atoms with van der Waals surface area (Å²) in [6.07, 6.45) is 0.343. The van der Waals surface area contributed by atoms with Gasteiger partial charge < -0.3 is 18.9 Å². The molecule has 0 amide bonds. The van der Waals surface area contributed by atoms with Crippen LogP contribution in [0.3, 0.4) is 0 Å². The SMILES string of the molecule is COc1ccc([C@@H]2Oc3ccccc3[C@H]3CC(c4ccc(Br)s4)=NN32)c(OC)c1OC. The number of rotatable bonds is 5. The highest BCUT2D eigenvalue weighted by atomic mass is 79.9. The Balaban J connectivity index is 1.64. The Hall–Kier alpha value is -2.71. The third-order valence-electron chi connectivity index (χ3n) is 5.56. The van der Waals surface area contributed by atoms with Gasteiger partial charge in [0.15, 0.2) is 11.5 Å². The van der Waals surface area contributed by atoms with Crippen molar-refractivity contribution in [3.05, 3.63) is 68.3 Å². The van der Waals surface area contributed by atoms with Gasteiger partial charge in [-0.1, -0.05) is 18.2 Å². The van der Waals surface area contributed by atoms with Crippen LogP contribution >= 0.6 is 27.3 Å². The van der Waals surface area contributed by atoms with Crippen molar-refractivity contribution in [1.29, 1.82) is 0 Å². The molecular weight excluding hydrogens is 480 g/mol. The van der Waals surface area contributed by atoms with Gasteiger partial charge in [-0.15, -0.1) is 11.3 Å². The molecule has 0 saturated carbocycles. The van der Waals surface area contributed by atoms with Gasteiger partial charge in [0, 0.05) is 12.0 Å². The number of ether oxygens (including phenoxy) is 4. The molecular formula is C23H21BrN2O4S. The van der Waals surface area contributed by atoms with E-state index >= 15 is 0 Å². The molecule has 31 heavy (non-hydrogen) atoms. The highest BCUT2D eigenvalue weighted by Gasteiger charge is 2.42. The maximum Gasteiger partial charge on any atom is 0.217 e. The van der Waals surface area contributed by atoms with E-state index in [-0.39, 0.29) is 6.04 Å². The fraction of sp³-hybridized carbons (Fsp3) is 0.261. The van der Waals surface area contributed by atoms with Crippen LogP contribution in [0.2, 0.25) is 0 Å². The molecule has 2 aliphatic rings. The van der Waals surface area contributed by atoms with E-state index in [2.05, 4.69) is 34.1 Å². The van der Waals surface area contributed by atoms with Gasteiger partial charge in [0.2, 0.25) is 12.0 Å². The maximum absolute atomic E-state index is 6.47. The van der Waals surface area contributed by atoms with Gasteiger partial charge in [-0.3, -0.25) is 0 Å². The average molecular weight is 501 g/mol. The number of hydrogen-bond acceptors (Lipinski definition) is 7. The number of nitrogens with zero attached hydrogens (tertiary/aromatic N) is 2. The van der Waals surface area contributed by atoms with Crippen molar-refractivity contribution in [3.63, 3.8) is 0 Å². The van der Waals surface area contributed by atoms with Gasteiger partial charge in [0.1, 0.15) is 5.75 Å². The largest absolute Gasteiger partial charge is 0.493 e. The molecule has 2 atom stereocenters. The Morgan fingerprint density at radius 2 is 1.77 bits per heavy atom. The number of benzene rings is 2. The first-order valence-electron chi connectivity index (χ1n) is 9.80. The number of hydrogen-bond donors (Lipinski definition) is 0. The van der Waals surface area contributed by atoms with E-state index < -0.39 is 6.23 Å². The van der Waals surface area contributed by atoms with Crippen molar-refractivity contribution < 1.29 is 18.9 Å². The van der Waals surface area contributed by atoms with E-state index in [0.29, 0.717) is 17.2 Å². The summed E-state index contributed by atoms with van der Waals surface area (Å²) in [5.74, 6) is 2.57. The Morgan fingerprint density at radius 1 is 0.968 bits per heavy atom. The van der Waals surface area contributed by atoms with E-state index in [9.17, 15) is 0 Å². The van der Waals surface area contributed by atoms with Crippen molar-refractivity contribution in [2.75, 3.05) is 21.3 Å². The second-order valence-corrected chi connectivity index (χ2v) is 9.64. The van der Waals surface area contributed by atoms with Crippen LogP contribution in [-0.2, 0) is 0 Å². The van der Waals surface area contributed by atoms with E-state index in [1.165, 1.54) is 0 Å². The Labute approximate surface area is 193 Å². The first-order chi connectivity index (χ1) is 15.1. The second-order valence-electron chi connectivity index (χ2n) is 7.18. The minimum absolute atomic E-state index is 0.0728. The van der Waals surface area contributed by atoms with Crippen LogP contribution in [0.25, 0.3) is 0 Å². The fourth-order valence-corrected chi connectivity index (χ4v) is 5.56. The second kappa shape index (κ2) is 8.09. The maximum atomic E-state index is 6.47. The molecule has 2 aliphatic heterocycles. The molecule has 0 unspecified atom stereocenters. The first-order valence-corrected chi connectivity index (χ1v) is 11.4. The molecule has 5 rings (SSSR count). The van der Waals surface area contributed by atoms with Gasteiger partial charge in [-0.25, -0.2) is 5.01 Å². The molecule has 0 radical (unpaired) electrons. The molecule has 8 heteroatoms. The smallest absolute Gasteiger partial charge is 0.217 e. The van der Waals surface area contributed by atoms with Crippen molar-refractivity contribution in [2.24, 2.45) is 5.10 Å². The number of methoxy groups -OCH3 is 3. The quantitative estimate of drug-likeness (QED) is 0.444. The number of thiophene rings is 1. The molecule has 0 fully saturated rings. The van der Waals surface area contributed by atoms with Gasteiger partial charge in [-0.2, -0.15) is 5.10 Å². The van der Waals surface area contributed by atoms with Crippen LogP contribution < -0.4 is 18.9 Å². The molecule has 6 nitrogen and oxygen atoms in total. The van der Waals surface area contributed by atoms with Crippen molar-refractivity contribution in [2.45, 2.75) is 18.7 Å². The molecule has 3 aromatic rings. The first kappa shape index (κ1) is 20.2. The van der Waals surface area contributed by atoms with Gasteiger partial charge in [0.25, 0.3) is 0 Å². The van der Waals surface area contributed by atoms with Crippen LogP contribution in [0.1, 0.15) is 34.7 Å². The monoisotopic (exact) mass is 500 g/mol.